The first-order valence-electron chi connectivity index (χ1n) is 6.41. The first kappa shape index (κ1) is 14.9. The second-order valence-electron chi connectivity index (χ2n) is 4.63. The molecule has 0 aliphatic rings. The van der Waals surface area contributed by atoms with Crippen molar-refractivity contribution >= 4 is 21.6 Å². The fraction of sp³-hybridized carbons (Fsp3) is 0.250. The van der Waals surface area contributed by atoms with Crippen LogP contribution >= 0.6 is 15.9 Å². The number of benzene rings is 2. The Morgan fingerprint density at radius 3 is 2.45 bits per heavy atom. The Labute approximate surface area is 127 Å². The number of hydrogen-bond donors (Lipinski definition) is 2. The molecule has 0 spiro atoms. The highest BCUT2D eigenvalue weighted by Crippen LogP contribution is 2.28. The monoisotopic (exact) mass is 335 g/mol. The van der Waals surface area contributed by atoms with Crippen molar-refractivity contribution in [2.24, 2.45) is 0 Å². The molecule has 0 heterocycles. The van der Waals surface area contributed by atoms with Crippen molar-refractivity contribution in [1.29, 1.82) is 0 Å². The number of aliphatic hydroxyl groups excluding tert-OH is 1. The summed E-state index contributed by atoms with van der Waals surface area (Å²) in [6.45, 7) is 2.06. The molecule has 0 radical (unpaired) electrons. The van der Waals surface area contributed by atoms with E-state index in [1.807, 2.05) is 49.4 Å². The Balaban J connectivity index is 2.19. The van der Waals surface area contributed by atoms with E-state index in [0.29, 0.717) is 0 Å². The van der Waals surface area contributed by atoms with Crippen LogP contribution in [0.3, 0.4) is 0 Å². The molecule has 0 bridgehead atoms. The van der Waals surface area contributed by atoms with Crippen molar-refractivity contribution in [2.75, 3.05) is 19.0 Å². The van der Waals surface area contributed by atoms with Crippen LogP contribution in [-0.2, 0) is 0 Å². The van der Waals surface area contributed by atoms with Crippen LogP contribution in [0.25, 0.3) is 0 Å². The second kappa shape index (κ2) is 6.77. The standard InChI is InChI=1S/C16H18BrNO2/c1-11-3-8-14(15(17)9-11)16(10-19)18-12-4-6-13(20-2)7-5-12/h3-9,16,18-19H,10H2,1-2H3. The number of hydrogen-bond acceptors (Lipinski definition) is 3. The zero-order valence-electron chi connectivity index (χ0n) is 11.6. The fourth-order valence-electron chi connectivity index (χ4n) is 2.02. The number of aryl methyl sites for hydroxylation is 1. The Bertz CT molecular complexity index is 569. The summed E-state index contributed by atoms with van der Waals surface area (Å²) in [5.41, 5.74) is 3.16. The van der Waals surface area contributed by atoms with E-state index >= 15 is 0 Å². The SMILES string of the molecule is COc1ccc(NC(CO)c2ccc(C)cc2Br)cc1. The number of rotatable bonds is 5. The maximum absolute atomic E-state index is 9.63. The number of methoxy groups -OCH3 is 1. The third-order valence-electron chi connectivity index (χ3n) is 3.14. The number of anilines is 1. The smallest absolute Gasteiger partial charge is 0.119 e. The van der Waals surface area contributed by atoms with Gasteiger partial charge in [-0.25, -0.2) is 0 Å². The lowest BCUT2D eigenvalue weighted by Crippen LogP contribution is -2.15. The Morgan fingerprint density at radius 1 is 1.20 bits per heavy atom. The van der Waals surface area contributed by atoms with Crippen LogP contribution in [0.5, 0.6) is 5.75 Å². The van der Waals surface area contributed by atoms with Crippen LogP contribution in [0.2, 0.25) is 0 Å². The zero-order chi connectivity index (χ0) is 14.5. The van der Waals surface area contributed by atoms with E-state index in [2.05, 4.69) is 21.2 Å². The van der Waals surface area contributed by atoms with E-state index < -0.39 is 0 Å². The molecule has 0 aliphatic carbocycles. The molecular formula is C16H18BrNO2. The molecule has 0 fully saturated rings. The lowest BCUT2D eigenvalue weighted by atomic mass is 10.1. The van der Waals surface area contributed by atoms with Gasteiger partial charge >= 0.3 is 0 Å². The van der Waals surface area contributed by atoms with Crippen molar-refractivity contribution in [3.63, 3.8) is 0 Å². The van der Waals surface area contributed by atoms with E-state index in [1.165, 1.54) is 5.56 Å². The Kier molecular flexibility index (Phi) is 5.04. The van der Waals surface area contributed by atoms with E-state index in [9.17, 15) is 5.11 Å². The molecular weight excluding hydrogens is 318 g/mol. The minimum absolute atomic E-state index is 0.0215. The molecule has 1 unspecified atom stereocenters. The molecule has 2 rings (SSSR count). The number of nitrogens with one attached hydrogen (secondary N) is 1. The average Bonchev–Trinajstić information content (AvgIpc) is 2.46. The van der Waals surface area contributed by atoms with E-state index in [4.69, 9.17) is 4.74 Å². The third-order valence-corrected chi connectivity index (χ3v) is 3.83. The molecule has 20 heavy (non-hydrogen) atoms. The van der Waals surface area contributed by atoms with Crippen LogP contribution in [0.1, 0.15) is 17.2 Å². The normalized spacial score (nSPS) is 12.0. The van der Waals surface area contributed by atoms with Crippen LogP contribution in [0.4, 0.5) is 5.69 Å². The van der Waals surface area contributed by atoms with Gasteiger partial charge in [0.15, 0.2) is 0 Å². The molecule has 4 heteroatoms. The largest absolute Gasteiger partial charge is 0.497 e. The van der Waals surface area contributed by atoms with Crippen LogP contribution in [0, 0.1) is 6.92 Å². The highest BCUT2D eigenvalue weighted by Gasteiger charge is 2.13. The first-order valence-corrected chi connectivity index (χ1v) is 7.21. The molecule has 2 N–H and O–H groups in total. The van der Waals surface area contributed by atoms with E-state index in [1.54, 1.807) is 7.11 Å². The maximum Gasteiger partial charge on any atom is 0.119 e. The second-order valence-corrected chi connectivity index (χ2v) is 5.49. The predicted molar refractivity (Wildman–Crippen MR) is 85.3 cm³/mol. The quantitative estimate of drug-likeness (QED) is 0.870. The number of ether oxygens (including phenoxy) is 1. The molecule has 0 amide bonds. The molecule has 0 saturated heterocycles. The molecule has 0 aliphatic heterocycles. The van der Waals surface area contributed by atoms with Crippen molar-refractivity contribution in [2.45, 2.75) is 13.0 Å². The highest BCUT2D eigenvalue weighted by molar-refractivity contribution is 9.10. The zero-order valence-corrected chi connectivity index (χ0v) is 13.1. The van der Waals surface area contributed by atoms with Gasteiger partial charge in [-0.2, -0.15) is 0 Å². The fourth-order valence-corrected chi connectivity index (χ4v) is 2.79. The summed E-state index contributed by atoms with van der Waals surface area (Å²) in [4.78, 5) is 0. The summed E-state index contributed by atoms with van der Waals surface area (Å²) < 4.78 is 6.13. The summed E-state index contributed by atoms with van der Waals surface area (Å²) >= 11 is 3.55. The predicted octanol–water partition coefficient (Wildman–Crippen LogP) is 3.91. The van der Waals surface area contributed by atoms with Crippen molar-refractivity contribution < 1.29 is 9.84 Å². The van der Waals surface area contributed by atoms with Gasteiger partial charge in [-0.3, -0.25) is 0 Å². The van der Waals surface area contributed by atoms with Gasteiger partial charge in [-0.15, -0.1) is 0 Å². The number of aliphatic hydroxyl groups is 1. The summed E-state index contributed by atoms with van der Waals surface area (Å²) in [7, 11) is 1.64. The average molecular weight is 336 g/mol. The van der Waals surface area contributed by atoms with Gasteiger partial charge < -0.3 is 15.2 Å². The molecule has 0 saturated carbocycles. The topological polar surface area (TPSA) is 41.5 Å². The third kappa shape index (κ3) is 3.52. The van der Waals surface area contributed by atoms with Crippen LogP contribution in [-0.4, -0.2) is 18.8 Å². The van der Waals surface area contributed by atoms with Crippen LogP contribution < -0.4 is 10.1 Å². The molecule has 1 atom stereocenters. The highest BCUT2D eigenvalue weighted by atomic mass is 79.9. The molecule has 106 valence electrons. The molecule has 2 aromatic rings. The first-order chi connectivity index (χ1) is 9.63. The van der Waals surface area contributed by atoms with E-state index in [0.717, 1.165) is 21.5 Å². The Hall–Kier alpha value is -1.52. The van der Waals surface area contributed by atoms with Gasteiger partial charge in [0.1, 0.15) is 5.75 Å². The minimum atomic E-state index is -0.154. The van der Waals surface area contributed by atoms with Crippen molar-refractivity contribution in [1.82, 2.24) is 0 Å². The lowest BCUT2D eigenvalue weighted by Gasteiger charge is -2.20. The lowest BCUT2D eigenvalue weighted by molar-refractivity contribution is 0.276. The Morgan fingerprint density at radius 2 is 1.90 bits per heavy atom. The molecule has 0 aromatic heterocycles. The van der Waals surface area contributed by atoms with Gasteiger partial charge in [-0.05, 0) is 48.4 Å². The minimum Gasteiger partial charge on any atom is -0.497 e. The van der Waals surface area contributed by atoms with Crippen LogP contribution in [0.15, 0.2) is 46.9 Å². The van der Waals surface area contributed by atoms with Gasteiger partial charge in [-0.1, -0.05) is 28.1 Å². The summed E-state index contributed by atoms with van der Waals surface area (Å²) in [6, 6.07) is 13.6. The molecule has 2 aromatic carbocycles. The van der Waals surface area contributed by atoms with Gasteiger partial charge in [0, 0.05) is 10.2 Å². The van der Waals surface area contributed by atoms with Gasteiger partial charge in [0.25, 0.3) is 0 Å². The van der Waals surface area contributed by atoms with Crippen molar-refractivity contribution in [3.05, 3.63) is 58.1 Å². The number of halogens is 1. The van der Waals surface area contributed by atoms with Crippen molar-refractivity contribution in [3.8, 4) is 5.75 Å². The molecule has 3 nitrogen and oxygen atoms in total. The summed E-state index contributed by atoms with van der Waals surface area (Å²) in [5, 5.41) is 12.9. The van der Waals surface area contributed by atoms with E-state index in [-0.39, 0.29) is 12.6 Å². The summed E-state index contributed by atoms with van der Waals surface area (Å²) in [5.74, 6) is 0.813. The summed E-state index contributed by atoms with van der Waals surface area (Å²) in [6.07, 6.45) is 0. The van der Waals surface area contributed by atoms with Gasteiger partial charge in [0.05, 0.1) is 19.8 Å². The maximum atomic E-state index is 9.63. The van der Waals surface area contributed by atoms with Gasteiger partial charge in [0.2, 0.25) is 0 Å².